The molecule has 0 aromatic carbocycles. The average Bonchev–Trinajstić information content (AvgIpc) is 2.87. The van der Waals surface area contributed by atoms with Crippen LogP contribution in [-0.2, 0) is 13.1 Å². The van der Waals surface area contributed by atoms with Gasteiger partial charge in [0.2, 0.25) is 0 Å². The first-order valence-corrected chi connectivity index (χ1v) is 6.71. The van der Waals surface area contributed by atoms with Gasteiger partial charge in [0.1, 0.15) is 10.8 Å². The first-order chi connectivity index (χ1) is 7.79. The molecule has 3 nitrogen and oxygen atoms in total. The minimum Gasteiger partial charge on any atom is -0.496 e. The van der Waals surface area contributed by atoms with E-state index in [9.17, 15) is 0 Å². The maximum Gasteiger partial charge on any atom is 0.134 e. The molecule has 0 aliphatic rings. The van der Waals surface area contributed by atoms with Crippen molar-refractivity contribution in [3.8, 4) is 5.75 Å². The molecule has 0 fully saturated rings. The molecule has 16 heavy (non-hydrogen) atoms. The molecule has 2 aromatic heterocycles. The van der Waals surface area contributed by atoms with Gasteiger partial charge in [-0.3, -0.25) is 0 Å². The third kappa shape index (κ3) is 2.81. The fraction of sp³-hybridized carbons (Fsp3) is 0.364. The molecule has 86 valence electrons. The summed E-state index contributed by atoms with van der Waals surface area (Å²) >= 11 is 3.44. The molecule has 5 heteroatoms. The SMILES string of the molecule is COc1ccsc1CNCc1ncc(C)s1. The van der Waals surface area contributed by atoms with Gasteiger partial charge in [-0.1, -0.05) is 0 Å². The molecule has 0 radical (unpaired) electrons. The predicted molar refractivity (Wildman–Crippen MR) is 68.3 cm³/mol. The molecule has 2 heterocycles. The van der Waals surface area contributed by atoms with Crippen molar-refractivity contribution in [2.24, 2.45) is 0 Å². The summed E-state index contributed by atoms with van der Waals surface area (Å²) in [5.74, 6) is 0.966. The number of nitrogens with one attached hydrogen (secondary N) is 1. The summed E-state index contributed by atoms with van der Waals surface area (Å²) in [6.45, 7) is 3.72. The van der Waals surface area contributed by atoms with Crippen LogP contribution in [0.15, 0.2) is 17.6 Å². The number of thiazole rings is 1. The number of ether oxygens (including phenoxy) is 1. The molecule has 0 aliphatic carbocycles. The fourth-order valence-electron chi connectivity index (χ4n) is 1.41. The van der Waals surface area contributed by atoms with E-state index < -0.39 is 0 Å². The van der Waals surface area contributed by atoms with Gasteiger partial charge in [0.05, 0.1) is 12.0 Å². The van der Waals surface area contributed by atoms with Crippen LogP contribution >= 0.6 is 22.7 Å². The molecule has 0 saturated carbocycles. The monoisotopic (exact) mass is 254 g/mol. The molecule has 0 spiro atoms. The summed E-state index contributed by atoms with van der Waals surface area (Å²) in [6, 6.07) is 2.00. The molecule has 0 aliphatic heterocycles. The minimum atomic E-state index is 0.819. The van der Waals surface area contributed by atoms with E-state index in [4.69, 9.17) is 4.74 Å². The van der Waals surface area contributed by atoms with Gasteiger partial charge in [0, 0.05) is 24.2 Å². The second kappa shape index (κ2) is 5.43. The van der Waals surface area contributed by atoms with Crippen molar-refractivity contribution in [3.05, 3.63) is 32.4 Å². The van der Waals surface area contributed by atoms with Crippen LogP contribution in [0.3, 0.4) is 0 Å². The second-order valence-corrected chi connectivity index (χ2v) is 5.70. The highest BCUT2D eigenvalue weighted by molar-refractivity contribution is 7.11. The highest BCUT2D eigenvalue weighted by atomic mass is 32.1. The number of aromatic nitrogens is 1. The van der Waals surface area contributed by atoms with Gasteiger partial charge in [-0.15, -0.1) is 22.7 Å². The number of methoxy groups -OCH3 is 1. The van der Waals surface area contributed by atoms with E-state index in [2.05, 4.69) is 17.2 Å². The van der Waals surface area contributed by atoms with Crippen molar-refractivity contribution in [3.63, 3.8) is 0 Å². The number of aryl methyl sites for hydroxylation is 1. The van der Waals surface area contributed by atoms with Crippen LogP contribution in [0.1, 0.15) is 14.8 Å². The lowest BCUT2D eigenvalue weighted by Gasteiger charge is -2.03. The molecule has 2 aromatic rings. The summed E-state index contributed by atoms with van der Waals surface area (Å²) in [5.41, 5.74) is 0. The predicted octanol–water partition coefficient (Wildman–Crippen LogP) is 2.81. The van der Waals surface area contributed by atoms with Crippen molar-refractivity contribution in [2.45, 2.75) is 20.0 Å². The van der Waals surface area contributed by atoms with E-state index in [1.54, 1.807) is 29.8 Å². The van der Waals surface area contributed by atoms with Gasteiger partial charge in [-0.2, -0.15) is 0 Å². The van der Waals surface area contributed by atoms with Crippen LogP contribution in [0.4, 0.5) is 0 Å². The smallest absolute Gasteiger partial charge is 0.134 e. The lowest BCUT2D eigenvalue weighted by Crippen LogP contribution is -2.11. The molecule has 0 unspecified atom stereocenters. The molecule has 1 N–H and O–H groups in total. The molecule has 0 bridgehead atoms. The van der Waals surface area contributed by atoms with Gasteiger partial charge < -0.3 is 10.1 Å². The number of thiophene rings is 1. The Bertz CT molecular complexity index is 450. The van der Waals surface area contributed by atoms with Crippen molar-refractivity contribution in [1.82, 2.24) is 10.3 Å². The summed E-state index contributed by atoms with van der Waals surface area (Å²) in [4.78, 5) is 6.79. The van der Waals surface area contributed by atoms with E-state index in [-0.39, 0.29) is 0 Å². The summed E-state index contributed by atoms with van der Waals surface area (Å²) in [7, 11) is 1.70. The first kappa shape index (κ1) is 11.6. The number of hydrogen-bond acceptors (Lipinski definition) is 5. The zero-order valence-corrected chi connectivity index (χ0v) is 11.0. The van der Waals surface area contributed by atoms with Crippen molar-refractivity contribution in [2.75, 3.05) is 7.11 Å². The van der Waals surface area contributed by atoms with Gasteiger partial charge in [0.15, 0.2) is 0 Å². The van der Waals surface area contributed by atoms with Crippen molar-refractivity contribution in [1.29, 1.82) is 0 Å². The zero-order chi connectivity index (χ0) is 11.4. The Morgan fingerprint density at radius 3 is 3.00 bits per heavy atom. The van der Waals surface area contributed by atoms with Crippen LogP contribution < -0.4 is 10.1 Å². The molecular weight excluding hydrogens is 240 g/mol. The Hall–Kier alpha value is -0.910. The van der Waals surface area contributed by atoms with Crippen LogP contribution in [0, 0.1) is 6.92 Å². The molecular formula is C11H14N2OS2. The van der Waals surface area contributed by atoms with Crippen LogP contribution in [-0.4, -0.2) is 12.1 Å². The van der Waals surface area contributed by atoms with E-state index in [1.165, 1.54) is 9.75 Å². The normalized spacial score (nSPS) is 10.6. The third-order valence-electron chi connectivity index (χ3n) is 2.16. The standard InChI is InChI=1S/C11H14N2OS2/c1-8-5-13-11(16-8)7-12-6-10-9(14-2)3-4-15-10/h3-5,12H,6-7H2,1-2H3. The van der Waals surface area contributed by atoms with Crippen LogP contribution in [0.5, 0.6) is 5.75 Å². The van der Waals surface area contributed by atoms with Gasteiger partial charge in [0.25, 0.3) is 0 Å². The lowest BCUT2D eigenvalue weighted by atomic mass is 10.4. The zero-order valence-electron chi connectivity index (χ0n) is 9.32. The quantitative estimate of drug-likeness (QED) is 0.891. The molecule has 0 atom stereocenters. The van der Waals surface area contributed by atoms with Gasteiger partial charge >= 0.3 is 0 Å². The molecule has 0 amide bonds. The Morgan fingerprint density at radius 2 is 2.31 bits per heavy atom. The van der Waals surface area contributed by atoms with Gasteiger partial charge in [-0.05, 0) is 18.4 Å². The van der Waals surface area contributed by atoms with E-state index in [0.717, 1.165) is 23.8 Å². The first-order valence-electron chi connectivity index (χ1n) is 5.02. The lowest BCUT2D eigenvalue weighted by molar-refractivity contribution is 0.410. The molecule has 0 saturated heterocycles. The number of hydrogen-bond donors (Lipinski definition) is 1. The molecule has 2 rings (SSSR count). The van der Waals surface area contributed by atoms with E-state index >= 15 is 0 Å². The third-order valence-corrected chi connectivity index (χ3v) is 3.97. The number of nitrogens with zero attached hydrogens (tertiary/aromatic N) is 1. The maximum atomic E-state index is 5.25. The van der Waals surface area contributed by atoms with E-state index in [0.29, 0.717) is 0 Å². The fourth-order valence-corrected chi connectivity index (χ4v) is 2.97. The Balaban J connectivity index is 1.84. The number of rotatable bonds is 5. The van der Waals surface area contributed by atoms with Crippen molar-refractivity contribution < 1.29 is 4.74 Å². The van der Waals surface area contributed by atoms with Crippen molar-refractivity contribution >= 4 is 22.7 Å². The van der Waals surface area contributed by atoms with Crippen LogP contribution in [0.2, 0.25) is 0 Å². The topological polar surface area (TPSA) is 34.1 Å². The maximum absolute atomic E-state index is 5.25. The summed E-state index contributed by atoms with van der Waals surface area (Å²) in [5, 5.41) is 6.55. The minimum absolute atomic E-state index is 0.819. The average molecular weight is 254 g/mol. The Morgan fingerprint density at radius 1 is 1.44 bits per heavy atom. The Kier molecular flexibility index (Phi) is 3.93. The largest absolute Gasteiger partial charge is 0.496 e. The highest BCUT2D eigenvalue weighted by Gasteiger charge is 2.04. The van der Waals surface area contributed by atoms with E-state index in [1.807, 2.05) is 17.6 Å². The Labute approximate surface area is 103 Å². The summed E-state index contributed by atoms with van der Waals surface area (Å²) in [6.07, 6.45) is 1.91. The summed E-state index contributed by atoms with van der Waals surface area (Å²) < 4.78 is 5.25. The van der Waals surface area contributed by atoms with Crippen LogP contribution in [0.25, 0.3) is 0 Å². The van der Waals surface area contributed by atoms with Gasteiger partial charge in [-0.25, -0.2) is 4.98 Å². The highest BCUT2D eigenvalue weighted by Crippen LogP contribution is 2.24. The second-order valence-electron chi connectivity index (χ2n) is 3.38.